The van der Waals surface area contributed by atoms with Crippen LogP contribution in [-0.2, 0) is 0 Å². The van der Waals surface area contributed by atoms with Crippen LogP contribution in [-0.4, -0.2) is 11.7 Å². The van der Waals surface area contributed by atoms with Crippen LogP contribution in [0.15, 0.2) is 84.9 Å². The molecule has 0 amide bonds. The standard InChI is InChI=1S/C28H18F2N2O/c1-33-24-9-7-23(8-10-24)32-27-5-3-2-4-25(27)26-13-18(6-11-28(26)32)12-20(17-31)19-14-21(29)16-22(30)15-19/h2-16H,1H3. The smallest absolute Gasteiger partial charge is 0.126 e. The molecule has 0 atom stereocenters. The number of hydrogen-bond donors (Lipinski definition) is 0. The van der Waals surface area contributed by atoms with Crippen molar-refractivity contribution in [3.05, 3.63) is 108 Å². The lowest BCUT2D eigenvalue weighted by Gasteiger charge is -2.09. The molecule has 1 aromatic heterocycles. The highest BCUT2D eigenvalue weighted by Gasteiger charge is 2.13. The van der Waals surface area contributed by atoms with E-state index in [9.17, 15) is 14.0 Å². The number of nitriles is 1. The van der Waals surface area contributed by atoms with E-state index in [1.54, 1.807) is 13.2 Å². The highest BCUT2D eigenvalue weighted by atomic mass is 19.1. The van der Waals surface area contributed by atoms with Gasteiger partial charge >= 0.3 is 0 Å². The minimum absolute atomic E-state index is 0.187. The molecule has 4 aromatic carbocycles. The van der Waals surface area contributed by atoms with Crippen LogP contribution in [0.4, 0.5) is 8.78 Å². The van der Waals surface area contributed by atoms with Gasteiger partial charge in [-0.05, 0) is 71.8 Å². The number of rotatable bonds is 4. The Morgan fingerprint density at radius 2 is 1.55 bits per heavy atom. The van der Waals surface area contributed by atoms with Crippen molar-refractivity contribution in [3.63, 3.8) is 0 Å². The van der Waals surface area contributed by atoms with E-state index in [0.717, 1.165) is 57.0 Å². The molecule has 33 heavy (non-hydrogen) atoms. The van der Waals surface area contributed by atoms with E-state index in [1.165, 1.54) is 0 Å². The summed E-state index contributed by atoms with van der Waals surface area (Å²) in [6.07, 6.45) is 1.65. The van der Waals surface area contributed by atoms with Gasteiger partial charge in [0.25, 0.3) is 0 Å². The van der Waals surface area contributed by atoms with Crippen molar-refractivity contribution in [3.8, 4) is 17.5 Å². The Labute approximate surface area is 189 Å². The third kappa shape index (κ3) is 3.72. The first kappa shape index (κ1) is 20.5. The minimum Gasteiger partial charge on any atom is -0.497 e. The predicted molar refractivity (Wildman–Crippen MR) is 127 cm³/mol. The van der Waals surface area contributed by atoms with E-state index >= 15 is 0 Å². The largest absolute Gasteiger partial charge is 0.497 e. The third-order valence-corrected chi connectivity index (χ3v) is 5.63. The van der Waals surface area contributed by atoms with Crippen molar-refractivity contribution in [2.75, 3.05) is 7.11 Å². The summed E-state index contributed by atoms with van der Waals surface area (Å²) in [5, 5.41) is 11.7. The lowest BCUT2D eigenvalue weighted by Crippen LogP contribution is -1.94. The van der Waals surface area contributed by atoms with Crippen molar-refractivity contribution in [1.29, 1.82) is 5.26 Å². The molecule has 0 aliphatic rings. The fourth-order valence-corrected chi connectivity index (χ4v) is 4.15. The van der Waals surface area contributed by atoms with E-state index < -0.39 is 11.6 Å². The van der Waals surface area contributed by atoms with E-state index in [-0.39, 0.29) is 11.1 Å². The van der Waals surface area contributed by atoms with Crippen LogP contribution in [0.3, 0.4) is 0 Å². The van der Waals surface area contributed by atoms with E-state index in [1.807, 2.05) is 54.6 Å². The average molecular weight is 436 g/mol. The van der Waals surface area contributed by atoms with Crippen LogP contribution in [0.25, 0.3) is 39.1 Å². The maximum atomic E-state index is 13.7. The second kappa shape index (κ2) is 8.25. The fraction of sp³-hybridized carbons (Fsp3) is 0.0357. The van der Waals surface area contributed by atoms with Crippen molar-refractivity contribution >= 4 is 33.5 Å². The first-order chi connectivity index (χ1) is 16.1. The lowest BCUT2D eigenvalue weighted by atomic mass is 10.0. The second-order valence-corrected chi connectivity index (χ2v) is 7.66. The van der Waals surface area contributed by atoms with Crippen LogP contribution in [0.5, 0.6) is 5.75 Å². The molecule has 5 aromatic rings. The molecule has 0 unspecified atom stereocenters. The van der Waals surface area contributed by atoms with Gasteiger partial charge in [0, 0.05) is 22.5 Å². The number of hydrogen-bond acceptors (Lipinski definition) is 2. The summed E-state index contributed by atoms with van der Waals surface area (Å²) in [6, 6.07) is 27.0. The van der Waals surface area contributed by atoms with Gasteiger partial charge in [0.15, 0.2) is 0 Å². The molecule has 0 aliphatic carbocycles. The number of aromatic nitrogens is 1. The number of methoxy groups -OCH3 is 1. The van der Waals surface area contributed by atoms with Crippen molar-refractivity contribution < 1.29 is 13.5 Å². The second-order valence-electron chi connectivity index (χ2n) is 7.66. The first-order valence-electron chi connectivity index (χ1n) is 10.3. The number of halogens is 2. The Morgan fingerprint density at radius 3 is 2.24 bits per heavy atom. The normalized spacial score (nSPS) is 11.6. The highest BCUT2D eigenvalue weighted by Crippen LogP contribution is 2.34. The molecule has 0 fully saturated rings. The molecule has 0 saturated heterocycles. The molecule has 5 rings (SSSR count). The summed E-state index contributed by atoms with van der Waals surface area (Å²) in [5.74, 6) is -0.655. The van der Waals surface area contributed by atoms with Gasteiger partial charge in [-0.15, -0.1) is 0 Å². The average Bonchev–Trinajstić information content (AvgIpc) is 3.15. The zero-order valence-electron chi connectivity index (χ0n) is 17.7. The van der Waals surface area contributed by atoms with Crippen molar-refractivity contribution in [1.82, 2.24) is 4.57 Å². The van der Waals surface area contributed by atoms with Gasteiger partial charge in [0.1, 0.15) is 17.4 Å². The number of ether oxygens (including phenoxy) is 1. The Morgan fingerprint density at radius 1 is 0.848 bits per heavy atom. The SMILES string of the molecule is COc1ccc(-n2c3ccccc3c3cc(C=C(C#N)c4cc(F)cc(F)c4)ccc32)cc1. The van der Waals surface area contributed by atoms with Crippen LogP contribution in [0.1, 0.15) is 11.1 Å². The van der Waals surface area contributed by atoms with Crippen LogP contribution in [0.2, 0.25) is 0 Å². The molecule has 3 nitrogen and oxygen atoms in total. The van der Waals surface area contributed by atoms with Gasteiger partial charge in [0.05, 0.1) is 29.8 Å². The molecule has 0 spiro atoms. The summed E-state index contributed by atoms with van der Waals surface area (Å²) in [5.41, 5.74) is 4.21. The Kier molecular flexibility index (Phi) is 5.12. The number of allylic oxidation sites excluding steroid dienone is 1. The van der Waals surface area contributed by atoms with E-state index in [4.69, 9.17) is 4.74 Å². The van der Waals surface area contributed by atoms with Crippen LogP contribution < -0.4 is 4.74 Å². The first-order valence-corrected chi connectivity index (χ1v) is 10.3. The maximum absolute atomic E-state index is 13.7. The monoisotopic (exact) mass is 436 g/mol. The highest BCUT2D eigenvalue weighted by molar-refractivity contribution is 6.10. The number of nitrogens with zero attached hydrogens (tertiary/aromatic N) is 2. The fourth-order valence-electron chi connectivity index (χ4n) is 4.15. The summed E-state index contributed by atoms with van der Waals surface area (Å²) < 4.78 is 34.8. The zero-order valence-corrected chi connectivity index (χ0v) is 17.7. The summed E-state index contributed by atoms with van der Waals surface area (Å²) in [7, 11) is 1.64. The molecular weight excluding hydrogens is 418 g/mol. The third-order valence-electron chi connectivity index (χ3n) is 5.63. The van der Waals surface area contributed by atoms with Crippen LogP contribution >= 0.6 is 0 Å². The maximum Gasteiger partial charge on any atom is 0.126 e. The molecular formula is C28H18F2N2O. The van der Waals surface area contributed by atoms with Crippen molar-refractivity contribution in [2.45, 2.75) is 0 Å². The molecule has 0 aliphatic heterocycles. The molecule has 0 bridgehead atoms. The number of para-hydroxylation sites is 1. The van der Waals surface area contributed by atoms with Gasteiger partial charge in [-0.25, -0.2) is 8.78 Å². The Balaban J connectivity index is 1.69. The van der Waals surface area contributed by atoms with E-state index in [0.29, 0.717) is 0 Å². The Bertz CT molecular complexity index is 1550. The Hall–Kier alpha value is -4.43. The minimum atomic E-state index is -0.718. The quantitative estimate of drug-likeness (QED) is 0.222. The molecule has 0 N–H and O–H groups in total. The van der Waals surface area contributed by atoms with Gasteiger partial charge in [-0.2, -0.15) is 5.26 Å². The van der Waals surface area contributed by atoms with Crippen LogP contribution in [0, 0.1) is 23.0 Å². The summed E-state index contributed by atoms with van der Waals surface area (Å²) in [4.78, 5) is 0. The number of benzene rings is 4. The van der Waals surface area contributed by atoms with Crippen molar-refractivity contribution in [2.24, 2.45) is 0 Å². The molecule has 1 heterocycles. The van der Waals surface area contributed by atoms with Gasteiger partial charge in [-0.1, -0.05) is 24.3 Å². The molecule has 160 valence electrons. The predicted octanol–water partition coefficient (Wildman–Crippen LogP) is 7.13. The molecule has 0 saturated carbocycles. The molecule has 5 heteroatoms. The van der Waals surface area contributed by atoms with E-state index in [2.05, 4.69) is 22.8 Å². The van der Waals surface area contributed by atoms with Gasteiger partial charge in [0.2, 0.25) is 0 Å². The van der Waals surface area contributed by atoms with Gasteiger partial charge in [-0.3, -0.25) is 0 Å². The number of fused-ring (bicyclic) bond motifs is 3. The van der Waals surface area contributed by atoms with Gasteiger partial charge < -0.3 is 9.30 Å². The zero-order chi connectivity index (χ0) is 22.9. The summed E-state index contributed by atoms with van der Waals surface area (Å²) in [6.45, 7) is 0. The summed E-state index contributed by atoms with van der Waals surface area (Å²) >= 11 is 0. The lowest BCUT2D eigenvalue weighted by molar-refractivity contribution is 0.415. The topological polar surface area (TPSA) is 38.0 Å². The molecule has 0 radical (unpaired) electrons.